The summed E-state index contributed by atoms with van der Waals surface area (Å²) in [5, 5.41) is 16.1. The van der Waals surface area contributed by atoms with Crippen molar-refractivity contribution in [3.63, 3.8) is 0 Å². The Labute approximate surface area is 225 Å². The zero-order valence-corrected chi connectivity index (χ0v) is 22.4. The minimum absolute atomic E-state index is 0.0346. The quantitative estimate of drug-likeness (QED) is 0.559. The van der Waals surface area contributed by atoms with Crippen LogP contribution in [0.3, 0.4) is 0 Å². The number of carbonyl (C=O) groups excluding carboxylic acids is 1. The van der Waals surface area contributed by atoms with Crippen LogP contribution in [-0.2, 0) is 10.9 Å². The monoisotopic (exact) mass is 545 g/mol. The fourth-order valence-electron chi connectivity index (χ4n) is 5.43. The molecule has 2 N–H and O–H groups in total. The average Bonchev–Trinajstić information content (AvgIpc) is 2.90. The molecular formula is C28H34F3N5O3. The molecule has 0 saturated carbocycles. The van der Waals surface area contributed by atoms with Gasteiger partial charge in [-0.3, -0.25) is 9.59 Å². The van der Waals surface area contributed by atoms with Gasteiger partial charge in [0.05, 0.1) is 22.9 Å². The summed E-state index contributed by atoms with van der Waals surface area (Å²) in [4.78, 5) is 29.3. The van der Waals surface area contributed by atoms with Crippen LogP contribution >= 0.6 is 0 Å². The molecule has 1 amide bonds. The summed E-state index contributed by atoms with van der Waals surface area (Å²) in [7, 11) is 2.02. The van der Waals surface area contributed by atoms with Gasteiger partial charge in [-0.05, 0) is 76.9 Å². The molecule has 2 aliphatic rings. The van der Waals surface area contributed by atoms with Crippen molar-refractivity contribution in [1.29, 1.82) is 5.26 Å². The number of hydrogen-bond acceptors (Lipinski definition) is 6. The lowest BCUT2D eigenvalue weighted by Crippen LogP contribution is -2.39. The van der Waals surface area contributed by atoms with E-state index in [2.05, 4.69) is 15.5 Å². The van der Waals surface area contributed by atoms with Gasteiger partial charge in [0.25, 0.3) is 11.5 Å². The first kappa shape index (κ1) is 28.6. The Kier molecular flexibility index (Phi) is 8.67. The molecule has 4 rings (SSSR count). The van der Waals surface area contributed by atoms with Crippen molar-refractivity contribution in [3.8, 4) is 6.07 Å². The fourth-order valence-corrected chi connectivity index (χ4v) is 5.43. The summed E-state index contributed by atoms with van der Waals surface area (Å²) in [5.41, 5.74) is -0.716. The first-order valence-corrected chi connectivity index (χ1v) is 13.2. The third-order valence-electron chi connectivity index (χ3n) is 7.74. The highest BCUT2D eigenvalue weighted by atomic mass is 19.4. The highest BCUT2D eigenvalue weighted by Gasteiger charge is 2.34. The van der Waals surface area contributed by atoms with Gasteiger partial charge in [-0.1, -0.05) is 12.1 Å². The Morgan fingerprint density at radius 1 is 1.18 bits per heavy atom. The van der Waals surface area contributed by atoms with Crippen molar-refractivity contribution in [3.05, 3.63) is 62.6 Å². The average molecular weight is 546 g/mol. The number of nitrogens with zero attached hydrogens (tertiary/aromatic N) is 3. The maximum absolute atomic E-state index is 13.7. The van der Waals surface area contributed by atoms with E-state index in [-0.39, 0.29) is 34.5 Å². The fraction of sp³-hybridized carbons (Fsp3) is 0.536. The molecule has 1 atom stereocenters. The van der Waals surface area contributed by atoms with Crippen LogP contribution in [0.5, 0.6) is 0 Å². The van der Waals surface area contributed by atoms with Crippen molar-refractivity contribution in [2.24, 2.45) is 0 Å². The molecule has 8 nitrogen and oxygen atoms in total. The number of nitriles is 1. The van der Waals surface area contributed by atoms with Gasteiger partial charge >= 0.3 is 6.18 Å². The number of carbonyl (C=O) groups is 1. The molecule has 1 aromatic heterocycles. The number of aromatic nitrogens is 1. The number of ether oxygens (including phenoxy) is 1. The number of likely N-dealkylation sites (tertiary alicyclic amines) is 1. The number of nitrogens with one attached hydrogen (secondary N) is 2. The van der Waals surface area contributed by atoms with E-state index in [9.17, 15) is 28.0 Å². The first-order valence-electron chi connectivity index (χ1n) is 13.2. The van der Waals surface area contributed by atoms with E-state index in [0.717, 1.165) is 32.0 Å². The molecule has 3 heterocycles. The van der Waals surface area contributed by atoms with Crippen molar-refractivity contribution >= 4 is 11.6 Å². The van der Waals surface area contributed by atoms with E-state index in [4.69, 9.17) is 4.74 Å². The molecule has 39 heavy (non-hydrogen) atoms. The number of hydrogen-bond donors (Lipinski definition) is 2. The minimum Gasteiger partial charge on any atom is -0.381 e. The number of rotatable bonds is 6. The number of halogens is 3. The van der Waals surface area contributed by atoms with Crippen LogP contribution in [0.15, 0.2) is 29.2 Å². The molecular weight excluding hydrogens is 511 g/mol. The summed E-state index contributed by atoms with van der Waals surface area (Å²) >= 11 is 0. The highest BCUT2D eigenvalue weighted by Crippen LogP contribution is 2.35. The zero-order valence-electron chi connectivity index (χ0n) is 22.4. The van der Waals surface area contributed by atoms with Gasteiger partial charge in [-0.2, -0.15) is 18.4 Å². The molecule has 11 heteroatoms. The second-order valence-electron chi connectivity index (χ2n) is 10.4. The highest BCUT2D eigenvalue weighted by molar-refractivity contribution is 6.00. The number of amides is 1. The Bertz CT molecular complexity index is 1300. The Morgan fingerprint density at radius 3 is 2.46 bits per heavy atom. The summed E-state index contributed by atoms with van der Waals surface area (Å²) < 4.78 is 47.3. The van der Waals surface area contributed by atoms with E-state index in [1.165, 1.54) is 23.8 Å². The van der Waals surface area contributed by atoms with Gasteiger partial charge in [0.15, 0.2) is 0 Å². The number of pyridine rings is 1. The number of piperidine rings is 1. The molecule has 0 unspecified atom stereocenters. The SMILES string of the molecule is Cc1c([C@@H](C)NC(=O)c2cn(C3CCOCC3)c(=O)c(C#N)c2NC2CCN(C)CC2)cccc1C(F)(F)F. The smallest absolute Gasteiger partial charge is 0.381 e. The number of benzene rings is 1. The van der Waals surface area contributed by atoms with E-state index < -0.39 is 29.2 Å². The van der Waals surface area contributed by atoms with Gasteiger partial charge < -0.3 is 24.8 Å². The summed E-state index contributed by atoms with van der Waals surface area (Å²) in [6, 6.07) is 4.87. The Morgan fingerprint density at radius 2 is 1.85 bits per heavy atom. The molecule has 1 aromatic carbocycles. The molecule has 0 spiro atoms. The van der Waals surface area contributed by atoms with Crippen molar-refractivity contribution in [2.45, 2.75) is 63.8 Å². The van der Waals surface area contributed by atoms with Gasteiger partial charge in [0.2, 0.25) is 0 Å². The van der Waals surface area contributed by atoms with Crippen LogP contribution in [0.2, 0.25) is 0 Å². The maximum atomic E-state index is 13.7. The normalized spacial score (nSPS) is 18.4. The number of anilines is 1. The Hall–Kier alpha value is -3.36. The van der Waals surface area contributed by atoms with Crippen LogP contribution in [0.4, 0.5) is 18.9 Å². The molecule has 2 aromatic rings. The third-order valence-corrected chi connectivity index (χ3v) is 7.74. The largest absolute Gasteiger partial charge is 0.416 e. The molecule has 0 bridgehead atoms. The van der Waals surface area contributed by atoms with Crippen LogP contribution in [-0.4, -0.2) is 54.8 Å². The predicted molar refractivity (Wildman–Crippen MR) is 141 cm³/mol. The van der Waals surface area contributed by atoms with Gasteiger partial charge in [-0.15, -0.1) is 0 Å². The third kappa shape index (κ3) is 6.28. The second kappa shape index (κ2) is 11.8. The zero-order chi connectivity index (χ0) is 28.3. The van der Waals surface area contributed by atoms with Gasteiger partial charge in [0, 0.05) is 31.5 Å². The predicted octanol–water partition coefficient (Wildman–Crippen LogP) is 4.40. The van der Waals surface area contributed by atoms with Gasteiger partial charge in [0.1, 0.15) is 11.6 Å². The van der Waals surface area contributed by atoms with E-state index in [1.54, 1.807) is 13.0 Å². The van der Waals surface area contributed by atoms with Crippen LogP contribution < -0.4 is 16.2 Å². The van der Waals surface area contributed by atoms with E-state index in [0.29, 0.717) is 31.6 Å². The topological polar surface area (TPSA) is 99.4 Å². The lowest BCUT2D eigenvalue weighted by Gasteiger charge is -2.31. The van der Waals surface area contributed by atoms with Crippen molar-refractivity contribution in [1.82, 2.24) is 14.8 Å². The summed E-state index contributed by atoms with van der Waals surface area (Å²) in [5.74, 6) is -0.577. The van der Waals surface area contributed by atoms with Crippen molar-refractivity contribution in [2.75, 3.05) is 38.7 Å². The van der Waals surface area contributed by atoms with Crippen LogP contribution in [0, 0.1) is 18.3 Å². The van der Waals surface area contributed by atoms with Crippen LogP contribution in [0.25, 0.3) is 0 Å². The molecule has 210 valence electrons. The molecule has 2 saturated heterocycles. The minimum atomic E-state index is -4.52. The first-order chi connectivity index (χ1) is 18.5. The van der Waals surface area contributed by atoms with Crippen LogP contribution in [0.1, 0.15) is 77.3 Å². The standard InChI is InChI=1S/C28H34F3N5O3/c1-17-21(5-4-6-24(17)28(29,30)31)18(2)33-26(37)23-16-36(20-9-13-39-14-10-20)27(38)22(15-32)25(23)34-19-7-11-35(3)12-8-19/h4-6,16,18-20,34H,7-14H2,1-3H3,(H,33,37)/t18-/m1/s1. The molecule has 0 aliphatic carbocycles. The molecule has 2 fully saturated rings. The van der Waals surface area contributed by atoms with E-state index >= 15 is 0 Å². The van der Waals surface area contributed by atoms with Gasteiger partial charge in [-0.25, -0.2) is 0 Å². The Balaban J connectivity index is 1.73. The lowest BCUT2D eigenvalue weighted by atomic mass is 9.96. The molecule has 0 radical (unpaired) electrons. The summed E-state index contributed by atoms with van der Waals surface area (Å²) in [6.07, 6.45) is -0.370. The van der Waals surface area contributed by atoms with Crippen molar-refractivity contribution < 1.29 is 22.7 Å². The lowest BCUT2D eigenvalue weighted by molar-refractivity contribution is -0.138. The molecule has 2 aliphatic heterocycles. The summed E-state index contributed by atoms with van der Waals surface area (Å²) in [6.45, 7) is 5.57. The number of alkyl halides is 3. The van der Waals surface area contributed by atoms with E-state index in [1.807, 2.05) is 13.1 Å². The second-order valence-corrected chi connectivity index (χ2v) is 10.4. The maximum Gasteiger partial charge on any atom is 0.416 e.